The van der Waals surface area contributed by atoms with Crippen LogP contribution in [0.1, 0.15) is 20.7 Å². The van der Waals surface area contributed by atoms with Crippen LogP contribution in [0.25, 0.3) is 0 Å². The summed E-state index contributed by atoms with van der Waals surface area (Å²) in [6, 6.07) is 10.7. The normalized spacial score (nSPS) is 10.0. The number of esters is 2. The van der Waals surface area contributed by atoms with Gasteiger partial charge in [0.15, 0.2) is 6.61 Å². The summed E-state index contributed by atoms with van der Waals surface area (Å²) in [6.45, 7) is -0.834. The third-order valence-electron chi connectivity index (χ3n) is 3.80. The summed E-state index contributed by atoms with van der Waals surface area (Å²) in [6.07, 6.45) is 0. The number of nitrogens with one attached hydrogen (secondary N) is 1. The molecule has 29 heavy (non-hydrogen) atoms. The molecule has 2 aromatic carbocycles. The van der Waals surface area contributed by atoms with Crippen LogP contribution >= 0.6 is 0 Å². The topological polar surface area (TPSA) is 102 Å². The lowest BCUT2D eigenvalue weighted by molar-refractivity contribution is -0.136. The van der Waals surface area contributed by atoms with Crippen LogP contribution in [0.15, 0.2) is 48.5 Å². The Kier molecular flexibility index (Phi) is 7.41. The molecular weight excluding hydrogens is 383 g/mol. The second-order valence-corrected chi connectivity index (χ2v) is 5.95. The van der Waals surface area contributed by atoms with Gasteiger partial charge in [-0.3, -0.25) is 9.59 Å². The summed E-state index contributed by atoms with van der Waals surface area (Å²) in [7, 11) is 2.62. The first-order valence-corrected chi connectivity index (χ1v) is 8.45. The molecule has 0 aliphatic heterocycles. The van der Waals surface area contributed by atoms with Crippen LogP contribution in [0, 0.1) is 5.82 Å². The van der Waals surface area contributed by atoms with Gasteiger partial charge in [-0.25, -0.2) is 14.0 Å². The van der Waals surface area contributed by atoms with E-state index >= 15 is 0 Å². The zero-order valence-corrected chi connectivity index (χ0v) is 15.8. The monoisotopic (exact) mass is 402 g/mol. The summed E-state index contributed by atoms with van der Waals surface area (Å²) >= 11 is 0. The molecule has 0 heterocycles. The van der Waals surface area contributed by atoms with Crippen LogP contribution < -0.4 is 5.32 Å². The number of nitrogens with zero attached hydrogens (tertiary/aromatic N) is 1. The molecule has 8 nitrogen and oxygen atoms in total. The number of hydrogen-bond donors (Lipinski definition) is 1. The Morgan fingerprint density at radius 3 is 2.03 bits per heavy atom. The first kappa shape index (κ1) is 21.5. The van der Waals surface area contributed by atoms with E-state index in [2.05, 4.69) is 10.1 Å². The molecule has 0 aromatic heterocycles. The average Bonchev–Trinajstić information content (AvgIpc) is 2.72. The van der Waals surface area contributed by atoms with Crippen molar-refractivity contribution >= 4 is 29.4 Å². The third-order valence-corrected chi connectivity index (χ3v) is 3.80. The van der Waals surface area contributed by atoms with Gasteiger partial charge in [0, 0.05) is 12.7 Å². The Balaban J connectivity index is 1.81. The summed E-state index contributed by atoms with van der Waals surface area (Å²) in [5, 5.41) is 2.52. The highest BCUT2D eigenvalue weighted by Crippen LogP contribution is 2.09. The van der Waals surface area contributed by atoms with E-state index < -0.39 is 36.2 Å². The first-order chi connectivity index (χ1) is 13.8. The zero-order chi connectivity index (χ0) is 21.4. The molecular formula is C20H19FN2O6. The Labute approximate surface area is 166 Å². The molecule has 0 aliphatic rings. The lowest BCUT2D eigenvalue weighted by Crippen LogP contribution is -2.37. The second kappa shape index (κ2) is 9.98. The predicted octanol–water partition coefficient (Wildman–Crippen LogP) is 1.87. The molecule has 0 bridgehead atoms. The molecule has 0 saturated heterocycles. The van der Waals surface area contributed by atoms with Gasteiger partial charge >= 0.3 is 11.9 Å². The number of halogens is 1. The molecule has 152 valence electrons. The number of amides is 2. The molecule has 2 rings (SSSR count). The third kappa shape index (κ3) is 6.42. The minimum atomic E-state index is -0.751. The molecule has 9 heteroatoms. The van der Waals surface area contributed by atoms with Gasteiger partial charge in [-0.2, -0.15) is 0 Å². The van der Waals surface area contributed by atoms with Gasteiger partial charge in [0.1, 0.15) is 5.82 Å². The fourth-order valence-electron chi connectivity index (χ4n) is 2.22. The van der Waals surface area contributed by atoms with Crippen LogP contribution in [0.2, 0.25) is 0 Å². The van der Waals surface area contributed by atoms with E-state index in [-0.39, 0.29) is 17.7 Å². The van der Waals surface area contributed by atoms with Crippen LogP contribution in [0.4, 0.5) is 10.1 Å². The second-order valence-electron chi connectivity index (χ2n) is 5.95. The molecule has 1 N–H and O–H groups in total. The molecule has 0 fully saturated rings. The van der Waals surface area contributed by atoms with E-state index in [1.807, 2.05) is 0 Å². The van der Waals surface area contributed by atoms with Crippen molar-refractivity contribution in [2.24, 2.45) is 0 Å². The summed E-state index contributed by atoms with van der Waals surface area (Å²) < 4.78 is 22.3. The van der Waals surface area contributed by atoms with Crippen molar-refractivity contribution in [1.82, 2.24) is 4.90 Å². The predicted molar refractivity (Wildman–Crippen MR) is 101 cm³/mol. The molecule has 0 radical (unpaired) electrons. The average molecular weight is 402 g/mol. The Bertz CT molecular complexity index is 896. The van der Waals surface area contributed by atoms with Crippen molar-refractivity contribution in [3.8, 4) is 0 Å². The number of rotatable bonds is 7. The maximum absolute atomic E-state index is 12.9. The van der Waals surface area contributed by atoms with Crippen LogP contribution in [-0.4, -0.2) is 56.0 Å². The lowest BCUT2D eigenvalue weighted by atomic mass is 10.1. The minimum absolute atomic E-state index is 0.155. The van der Waals surface area contributed by atoms with E-state index in [0.717, 1.165) is 4.90 Å². The molecule has 0 saturated carbocycles. The van der Waals surface area contributed by atoms with Gasteiger partial charge in [0.05, 0.1) is 24.8 Å². The quantitative estimate of drug-likeness (QED) is 0.710. The highest BCUT2D eigenvalue weighted by atomic mass is 19.1. The fourth-order valence-corrected chi connectivity index (χ4v) is 2.22. The van der Waals surface area contributed by atoms with Crippen molar-refractivity contribution < 1.29 is 33.0 Å². The number of anilines is 1. The maximum atomic E-state index is 12.9. The highest BCUT2D eigenvalue weighted by Gasteiger charge is 2.16. The molecule has 0 aliphatic carbocycles. The van der Waals surface area contributed by atoms with Crippen LogP contribution in [0.5, 0.6) is 0 Å². The standard InChI is InChI=1S/C20H19FN2O6/c1-23(11-17(24)22-16-9-7-15(21)8-10-16)18(25)12-29-20(27)14-5-3-13(4-6-14)19(26)28-2/h3-10H,11-12H2,1-2H3,(H,22,24). The summed E-state index contributed by atoms with van der Waals surface area (Å²) in [5.74, 6) is -2.80. The highest BCUT2D eigenvalue weighted by molar-refractivity contribution is 5.96. The van der Waals surface area contributed by atoms with E-state index in [1.165, 1.54) is 62.7 Å². The molecule has 2 amide bonds. The smallest absolute Gasteiger partial charge is 0.338 e. The van der Waals surface area contributed by atoms with E-state index in [9.17, 15) is 23.6 Å². The zero-order valence-electron chi connectivity index (χ0n) is 15.8. The number of methoxy groups -OCH3 is 1. The molecule has 0 unspecified atom stereocenters. The first-order valence-electron chi connectivity index (χ1n) is 8.45. The summed E-state index contributed by atoms with van der Waals surface area (Å²) in [5.41, 5.74) is 0.813. The fraction of sp³-hybridized carbons (Fsp3) is 0.200. The van der Waals surface area contributed by atoms with Crippen molar-refractivity contribution in [3.05, 3.63) is 65.5 Å². The van der Waals surface area contributed by atoms with Gasteiger partial charge in [-0.05, 0) is 48.5 Å². The van der Waals surface area contributed by atoms with Crippen molar-refractivity contribution in [1.29, 1.82) is 0 Å². The number of ether oxygens (including phenoxy) is 2. The number of hydrogen-bond acceptors (Lipinski definition) is 6. The number of likely N-dealkylation sites (N-methyl/N-ethyl adjacent to an activating group) is 1. The number of benzene rings is 2. The van der Waals surface area contributed by atoms with E-state index in [0.29, 0.717) is 5.69 Å². The lowest BCUT2D eigenvalue weighted by Gasteiger charge is -2.16. The van der Waals surface area contributed by atoms with Gasteiger partial charge in [-0.1, -0.05) is 0 Å². The van der Waals surface area contributed by atoms with Crippen LogP contribution in [0.3, 0.4) is 0 Å². The Hall–Kier alpha value is -3.75. The molecule has 2 aromatic rings. The Morgan fingerprint density at radius 1 is 0.931 bits per heavy atom. The van der Waals surface area contributed by atoms with Gasteiger partial charge in [-0.15, -0.1) is 0 Å². The van der Waals surface area contributed by atoms with E-state index in [4.69, 9.17) is 4.74 Å². The van der Waals surface area contributed by atoms with Gasteiger partial charge in [0.25, 0.3) is 5.91 Å². The number of carbonyl (C=O) groups is 4. The van der Waals surface area contributed by atoms with Crippen LogP contribution in [-0.2, 0) is 19.1 Å². The Morgan fingerprint density at radius 2 is 1.48 bits per heavy atom. The minimum Gasteiger partial charge on any atom is -0.465 e. The van der Waals surface area contributed by atoms with Gasteiger partial charge < -0.3 is 19.7 Å². The summed E-state index contributed by atoms with van der Waals surface area (Å²) in [4.78, 5) is 48.4. The van der Waals surface area contributed by atoms with Crippen molar-refractivity contribution in [3.63, 3.8) is 0 Å². The number of carbonyl (C=O) groups excluding carboxylic acids is 4. The van der Waals surface area contributed by atoms with Crippen molar-refractivity contribution in [2.45, 2.75) is 0 Å². The van der Waals surface area contributed by atoms with Gasteiger partial charge in [0.2, 0.25) is 5.91 Å². The largest absolute Gasteiger partial charge is 0.465 e. The maximum Gasteiger partial charge on any atom is 0.338 e. The SMILES string of the molecule is COC(=O)c1ccc(C(=O)OCC(=O)N(C)CC(=O)Nc2ccc(F)cc2)cc1. The van der Waals surface area contributed by atoms with E-state index in [1.54, 1.807) is 0 Å². The molecule has 0 spiro atoms. The van der Waals surface area contributed by atoms with Crippen molar-refractivity contribution in [2.75, 3.05) is 32.6 Å². The molecule has 0 atom stereocenters.